The maximum atomic E-state index is 12.6. The number of anilines is 2. The fraction of sp³-hybridized carbons (Fsp3) is 0.417. The van der Waals surface area contributed by atoms with Crippen LogP contribution < -0.4 is 10.6 Å². The highest BCUT2D eigenvalue weighted by atomic mass is 35.5. The van der Waals surface area contributed by atoms with Crippen LogP contribution in [0.2, 0.25) is 5.02 Å². The lowest BCUT2D eigenvalue weighted by Crippen LogP contribution is -2.36. The van der Waals surface area contributed by atoms with Gasteiger partial charge in [-0.1, -0.05) is 49.2 Å². The second-order valence-electron chi connectivity index (χ2n) is 7.81. The molecule has 0 unspecified atom stereocenters. The van der Waals surface area contributed by atoms with E-state index in [2.05, 4.69) is 10.6 Å². The molecule has 0 atom stereocenters. The van der Waals surface area contributed by atoms with Crippen LogP contribution in [0.3, 0.4) is 0 Å². The molecule has 2 aromatic carbocycles. The Balaban J connectivity index is 2.00. The Labute approximate surface area is 184 Å². The largest absolute Gasteiger partial charge is 0.324 e. The highest BCUT2D eigenvalue weighted by Crippen LogP contribution is 2.29. The summed E-state index contributed by atoms with van der Waals surface area (Å²) < 4.78 is 0. The second-order valence-corrected chi connectivity index (χ2v) is 8.22. The highest BCUT2D eigenvalue weighted by molar-refractivity contribution is 6.32. The van der Waals surface area contributed by atoms with Crippen molar-refractivity contribution in [1.82, 2.24) is 4.90 Å². The minimum Gasteiger partial charge on any atom is -0.324 e. The van der Waals surface area contributed by atoms with Gasteiger partial charge in [-0.25, -0.2) is 0 Å². The number of hydrogen-bond acceptors (Lipinski definition) is 3. The molecule has 0 spiro atoms. The van der Waals surface area contributed by atoms with E-state index in [0.717, 1.165) is 52.0 Å². The predicted octanol–water partition coefficient (Wildman–Crippen LogP) is 4.90. The van der Waals surface area contributed by atoms with Crippen LogP contribution in [0.15, 0.2) is 24.3 Å². The third kappa shape index (κ3) is 6.07. The molecule has 2 amide bonds. The third-order valence-corrected chi connectivity index (χ3v) is 5.46. The van der Waals surface area contributed by atoms with Gasteiger partial charge in [0.15, 0.2) is 0 Å². The Morgan fingerprint density at radius 1 is 0.900 bits per heavy atom. The molecule has 0 aliphatic heterocycles. The minimum absolute atomic E-state index is 0.109. The van der Waals surface area contributed by atoms with Crippen molar-refractivity contribution in [2.24, 2.45) is 0 Å². The molecular weight excluding hydrogens is 398 g/mol. The van der Waals surface area contributed by atoms with Crippen LogP contribution in [-0.2, 0) is 22.4 Å². The van der Waals surface area contributed by atoms with Gasteiger partial charge in [0.25, 0.3) is 0 Å². The summed E-state index contributed by atoms with van der Waals surface area (Å²) in [6, 6.07) is 7.91. The molecule has 30 heavy (non-hydrogen) atoms. The van der Waals surface area contributed by atoms with E-state index in [9.17, 15) is 9.59 Å². The maximum Gasteiger partial charge on any atom is 0.238 e. The quantitative estimate of drug-likeness (QED) is 0.627. The molecule has 0 aliphatic carbocycles. The van der Waals surface area contributed by atoms with Gasteiger partial charge in [0.1, 0.15) is 0 Å². The molecular formula is C24H32ClN3O2. The Morgan fingerprint density at radius 3 is 1.93 bits per heavy atom. The van der Waals surface area contributed by atoms with Crippen molar-refractivity contribution in [2.75, 3.05) is 30.8 Å². The van der Waals surface area contributed by atoms with Gasteiger partial charge < -0.3 is 10.6 Å². The van der Waals surface area contributed by atoms with E-state index in [1.165, 1.54) is 0 Å². The van der Waals surface area contributed by atoms with E-state index in [-0.39, 0.29) is 24.9 Å². The number of carbonyl (C=O) groups excluding carboxylic acids is 2. The number of hydrogen-bond donors (Lipinski definition) is 2. The van der Waals surface area contributed by atoms with Gasteiger partial charge >= 0.3 is 0 Å². The van der Waals surface area contributed by atoms with Crippen molar-refractivity contribution in [3.05, 3.63) is 57.1 Å². The summed E-state index contributed by atoms with van der Waals surface area (Å²) in [5.74, 6) is -0.314. The van der Waals surface area contributed by atoms with Crippen LogP contribution in [-0.4, -0.2) is 36.9 Å². The van der Waals surface area contributed by atoms with Gasteiger partial charge in [-0.2, -0.15) is 0 Å². The number of halogens is 1. The molecule has 0 bridgehead atoms. The molecule has 2 aromatic rings. The monoisotopic (exact) mass is 429 g/mol. The third-order valence-electron chi connectivity index (χ3n) is 5.11. The molecule has 2 N–H and O–H groups in total. The topological polar surface area (TPSA) is 61.4 Å². The maximum absolute atomic E-state index is 12.6. The summed E-state index contributed by atoms with van der Waals surface area (Å²) in [7, 11) is 1.76. The second kappa shape index (κ2) is 10.6. The average Bonchev–Trinajstić information content (AvgIpc) is 2.64. The summed E-state index contributed by atoms with van der Waals surface area (Å²) in [4.78, 5) is 26.8. The lowest BCUT2D eigenvalue weighted by Gasteiger charge is -2.20. The fourth-order valence-electron chi connectivity index (χ4n) is 3.75. The van der Waals surface area contributed by atoms with E-state index in [1.54, 1.807) is 11.9 Å². The number of carbonyl (C=O) groups is 2. The van der Waals surface area contributed by atoms with Crippen LogP contribution in [0.4, 0.5) is 11.4 Å². The normalized spacial score (nSPS) is 10.9. The van der Waals surface area contributed by atoms with Crippen molar-refractivity contribution >= 4 is 34.8 Å². The zero-order valence-electron chi connectivity index (χ0n) is 18.8. The number of likely N-dealkylation sites (N-methyl/N-ethyl adjacent to an activating group) is 1. The molecule has 0 aliphatic rings. The first-order valence-corrected chi connectivity index (χ1v) is 10.7. The van der Waals surface area contributed by atoms with Crippen LogP contribution in [0.1, 0.15) is 41.7 Å². The Hall–Kier alpha value is -2.37. The molecule has 6 heteroatoms. The first-order chi connectivity index (χ1) is 14.2. The van der Waals surface area contributed by atoms with Crippen molar-refractivity contribution in [1.29, 1.82) is 0 Å². The SMILES string of the molecule is CCc1ccc(Cl)c(CC)c1NC(=O)CN(C)CC(=O)Nc1c(C)cc(C)cc1C. The van der Waals surface area contributed by atoms with E-state index >= 15 is 0 Å². The van der Waals surface area contributed by atoms with Gasteiger partial charge in [-0.3, -0.25) is 14.5 Å². The Morgan fingerprint density at radius 2 is 1.43 bits per heavy atom. The summed E-state index contributed by atoms with van der Waals surface area (Å²) >= 11 is 6.31. The number of nitrogens with one attached hydrogen (secondary N) is 2. The van der Waals surface area contributed by atoms with Gasteiger partial charge in [0.2, 0.25) is 11.8 Å². The van der Waals surface area contributed by atoms with E-state index in [4.69, 9.17) is 11.6 Å². The number of rotatable bonds is 8. The first kappa shape index (κ1) is 23.9. The van der Waals surface area contributed by atoms with Crippen LogP contribution in [0, 0.1) is 20.8 Å². The Kier molecular flexibility index (Phi) is 8.44. The van der Waals surface area contributed by atoms with E-state index < -0.39 is 0 Å². The smallest absolute Gasteiger partial charge is 0.238 e. The first-order valence-electron chi connectivity index (χ1n) is 10.3. The highest BCUT2D eigenvalue weighted by Gasteiger charge is 2.16. The fourth-order valence-corrected chi connectivity index (χ4v) is 4.04. The lowest BCUT2D eigenvalue weighted by atomic mass is 10.0. The number of nitrogens with zero attached hydrogens (tertiary/aromatic N) is 1. The lowest BCUT2D eigenvalue weighted by molar-refractivity contribution is -0.119. The van der Waals surface area contributed by atoms with E-state index in [0.29, 0.717) is 5.02 Å². The van der Waals surface area contributed by atoms with Gasteiger partial charge in [0.05, 0.1) is 13.1 Å². The predicted molar refractivity (Wildman–Crippen MR) is 126 cm³/mol. The van der Waals surface area contributed by atoms with E-state index in [1.807, 2.05) is 58.9 Å². The van der Waals surface area contributed by atoms with Crippen molar-refractivity contribution in [3.63, 3.8) is 0 Å². The average molecular weight is 430 g/mol. The minimum atomic E-state index is -0.167. The molecule has 0 saturated carbocycles. The molecule has 0 fully saturated rings. The number of amides is 2. The summed E-state index contributed by atoms with van der Waals surface area (Å²) in [6.45, 7) is 10.3. The zero-order valence-corrected chi connectivity index (χ0v) is 19.5. The summed E-state index contributed by atoms with van der Waals surface area (Å²) in [5, 5.41) is 6.63. The van der Waals surface area contributed by atoms with Crippen LogP contribution in [0.25, 0.3) is 0 Å². The van der Waals surface area contributed by atoms with Crippen LogP contribution in [0.5, 0.6) is 0 Å². The molecule has 0 aromatic heterocycles. The number of benzene rings is 2. The van der Waals surface area contributed by atoms with Gasteiger partial charge in [-0.05, 0) is 69.0 Å². The molecule has 0 radical (unpaired) electrons. The molecule has 2 rings (SSSR count). The Bertz CT molecular complexity index is 917. The van der Waals surface area contributed by atoms with Crippen molar-refractivity contribution < 1.29 is 9.59 Å². The molecule has 162 valence electrons. The molecule has 5 nitrogen and oxygen atoms in total. The zero-order chi connectivity index (χ0) is 22.4. The van der Waals surface area contributed by atoms with Gasteiger partial charge in [-0.15, -0.1) is 0 Å². The summed E-state index contributed by atoms with van der Waals surface area (Å²) in [5.41, 5.74) is 6.84. The van der Waals surface area contributed by atoms with Crippen molar-refractivity contribution in [3.8, 4) is 0 Å². The van der Waals surface area contributed by atoms with Crippen LogP contribution >= 0.6 is 11.6 Å². The van der Waals surface area contributed by atoms with Gasteiger partial charge in [0, 0.05) is 16.4 Å². The number of aryl methyl sites for hydroxylation is 4. The molecule has 0 heterocycles. The summed E-state index contributed by atoms with van der Waals surface area (Å²) in [6.07, 6.45) is 1.53. The standard InChI is InChI=1S/C24H32ClN3O2/c1-7-18-9-10-20(25)19(8-2)24(18)27-22(30)14-28(6)13-21(29)26-23-16(4)11-15(3)12-17(23)5/h9-12H,7-8,13-14H2,1-6H3,(H,26,29)(H,27,30). The molecule has 0 saturated heterocycles. The van der Waals surface area contributed by atoms with Crippen molar-refractivity contribution in [2.45, 2.75) is 47.5 Å².